The molecule has 0 spiro atoms. The number of hydrogen-bond acceptors (Lipinski definition) is 6. The molecule has 174 valence electrons. The van der Waals surface area contributed by atoms with Gasteiger partial charge in [0.1, 0.15) is 6.61 Å². The fourth-order valence-corrected chi connectivity index (χ4v) is 4.33. The van der Waals surface area contributed by atoms with Crippen molar-refractivity contribution in [3.63, 3.8) is 0 Å². The second kappa shape index (κ2) is 10.6. The second-order valence-electron chi connectivity index (χ2n) is 7.77. The summed E-state index contributed by atoms with van der Waals surface area (Å²) in [7, 11) is 2.86. The molecule has 33 heavy (non-hydrogen) atoms. The fourth-order valence-electron chi connectivity index (χ4n) is 3.97. The summed E-state index contributed by atoms with van der Waals surface area (Å²) in [5, 5.41) is 3.66. The summed E-state index contributed by atoms with van der Waals surface area (Å²) in [6, 6.07) is 12.4. The summed E-state index contributed by atoms with van der Waals surface area (Å²) in [6.45, 7) is 6.21. The van der Waals surface area contributed by atoms with E-state index in [1.54, 1.807) is 24.3 Å². The maximum Gasteiger partial charge on any atom is 0.338 e. The number of rotatable bonds is 7. The first kappa shape index (κ1) is 24.4. The van der Waals surface area contributed by atoms with Crippen molar-refractivity contribution >= 4 is 35.0 Å². The van der Waals surface area contributed by atoms with Gasteiger partial charge < -0.3 is 19.5 Å². The zero-order valence-electron chi connectivity index (χ0n) is 19.4. The maximum atomic E-state index is 13.3. The van der Waals surface area contributed by atoms with Crippen LogP contribution >= 0.6 is 12.2 Å². The highest BCUT2D eigenvalue weighted by molar-refractivity contribution is 7.80. The highest BCUT2D eigenvalue weighted by atomic mass is 32.1. The van der Waals surface area contributed by atoms with E-state index in [1.807, 2.05) is 37.8 Å². The van der Waals surface area contributed by atoms with Crippen LogP contribution in [-0.4, -0.2) is 44.5 Å². The predicted octanol–water partition coefficient (Wildman–Crippen LogP) is 3.99. The van der Waals surface area contributed by atoms with Crippen molar-refractivity contribution in [1.82, 2.24) is 5.32 Å². The van der Waals surface area contributed by atoms with Crippen LogP contribution < -0.4 is 10.2 Å². The summed E-state index contributed by atoms with van der Waals surface area (Å²) < 4.78 is 15.5. The largest absolute Gasteiger partial charge is 0.465 e. The molecule has 0 bridgehead atoms. The SMILES string of the molecule is COCCOC(=O)C1=C(C)N(c2cc(C)cc(C)c2)C(=S)NC1c1ccccc1C(=O)OC. The molecule has 1 heterocycles. The monoisotopic (exact) mass is 468 g/mol. The highest BCUT2D eigenvalue weighted by Crippen LogP contribution is 2.36. The van der Waals surface area contributed by atoms with Crippen LogP contribution in [0.2, 0.25) is 0 Å². The Kier molecular flexibility index (Phi) is 7.84. The van der Waals surface area contributed by atoms with Gasteiger partial charge in [0, 0.05) is 18.5 Å². The average molecular weight is 469 g/mol. The van der Waals surface area contributed by atoms with Crippen molar-refractivity contribution in [2.45, 2.75) is 26.8 Å². The summed E-state index contributed by atoms with van der Waals surface area (Å²) in [6.07, 6.45) is 0. The van der Waals surface area contributed by atoms with Crippen LogP contribution in [0.3, 0.4) is 0 Å². The van der Waals surface area contributed by atoms with Crippen molar-refractivity contribution in [3.05, 3.63) is 76.0 Å². The van der Waals surface area contributed by atoms with E-state index in [1.165, 1.54) is 14.2 Å². The minimum Gasteiger partial charge on any atom is -0.465 e. The molecule has 1 N–H and O–H groups in total. The lowest BCUT2D eigenvalue weighted by atomic mass is 9.91. The van der Waals surface area contributed by atoms with Crippen LogP contribution in [0.1, 0.15) is 40.0 Å². The van der Waals surface area contributed by atoms with Crippen LogP contribution in [0.25, 0.3) is 0 Å². The number of nitrogens with one attached hydrogen (secondary N) is 1. The topological polar surface area (TPSA) is 77.1 Å². The fraction of sp³-hybridized carbons (Fsp3) is 0.320. The van der Waals surface area contributed by atoms with Gasteiger partial charge in [-0.05, 0) is 67.9 Å². The number of aryl methyl sites for hydroxylation is 2. The Morgan fingerprint density at radius 3 is 2.30 bits per heavy atom. The minimum atomic E-state index is -0.690. The first-order chi connectivity index (χ1) is 15.8. The molecule has 8 heteroatoms. The smallest absolute Gasteiger partial charge is 0.338 e. The van der Waals surface area contributed by atoms with E-state index < -0.39 is 18.0 Å². The van der Waals surface area contributed by atoms with E-state index >= 15 is 0 Å². The Bertz CT molecular complexity index is 1090. The van der Waals surface area contributed by atoms with Crippen LogP contribution in [0, 0.1) is 13.8 Å². The Labute approximate surface area is 199 Å². The molecule has 0 amide bonds. The van der Waals surface area contributed by atoms with Gasteiger partial charge in [-0.25, -0.2) is 9.59 Å². The van der Waals surface area contributed by atoms with Gasteiger partial charge in [0.15, 0.2) is 5.11 Å². The third kappa shape index (κ3) is 5.23. The Morgan fingerprint density at radius 1 is 1.00 bits per heavy atom. The van der Waals surface area contributed by atoms with E-state index in [-0.39, 0.29) is 13.2 Å². The van der Waals surface area contributed by atoms with Crippen LogP contribution in [0.4, 0.5) is 5.69 Å². The zero-order valence-corrected chi connectivity index (χ0v) is 20.2. The summed E-state index contributed by atoms with van der Waals surface area (Å²) >= 11 is 5.73. The molecule has 1 atom stereocenters. The lowest BCUT2D eigenvalue weighted by Gasteiger charge is -2.38. The molecule has 0 saturated heterocycles. The van der Waals surface area contributed by atoms with Gasteiger partial charge in [-0.3, -0.25) is 4.90 Å². The van der Waals surface area contributed by atoms with Gasteiger partial charge in [-0.1, -0.05) is 24.3 Å². The number of carbonyl (C=O) groups excluding carboxylic acids is 2. The number of thiocarbonyl (C=S) groups is 1. The lowest BCUT2D eigenvalue weighted by molar-refractivity contribution is -0.140. The van der Waals surface area contributed by atoms with E-state index in [0.29, 0.717) is 27.5 Å². The zero-order chi connectivity index (χ0) is 24.1. The minimum absolute atomic E-state index is 0.103. The molecule has 0 aliphatic carbocycles. The number of hydrogen-bond donors (Lipinski definition) is 1. The number of nitrogens with zero attached hydrogens (tertiary/aromatic N) is 1. The van der Waals surface area contributed by atoms with E-state index in [2.05, 4.69) is 11.4 Å². The summed E-state index contributed by atoms with van der Waals surface area (Å²) in [4.78, 5) is 27.5. The van der Waals surface area contributed by atoms with Crippen molar-refractivity contribution < 1.29 is 23.8 Å². The molecule has 1 aliphatic heterocycles. The van der Waals surface area contributed by atoms with E-state index in [4.69, 9.17) is 26.4 Å². The van der Waals surface area contributed by atoms with Crippen molar-refractivity contribution in [2.75, 3.05) is 32.3 Å². The number of benzene rings is 2. The van der Waals surface area contributed by atoms with Gasteiger partial charge >= 0.3 is 11.9 Å². The number of anilines is 1. The van der Waals surface area contributed by atoms with Crippen molar-refractivity contribution in [1.29, 1.82) is 0 Å². The van der Waals surface area contributed by atoms with Crippen LogP contribution in [-0.2, 0) is 19.0 Å². The number of methoxy groups -OCH3 is 2. The molecular weight excluding hydrogens is 440 g/mol. The molecule has 0 saturated carbocycles. The lowest BCUT2D eigenvalue weighted by Crippen LogP contribution is -2.48. The third-order valence-corrected chi connectivity index (χ3v) is 5.67. The molecule has 3 rings (SSSR count). The molecule has 2 aromatic carbocycles. The highest BCUT2D eigenvalue weighted by Gasteiger charge is 2.37. The second-order valence-corrected chi connectivity index (χ2v) is 8.16. The van der Waals surface area contributed by atoms with Crippen molar-refractivity contribution in [3.8, 4) is 0 Å². The van der Waals surface area contributed by atoms with Gasteiger partial charge in [-0.15, -0.1) is 0 Å². The van der Waals surface area contributed by atoms with E-state index in [9.17, 15) is 9.59 Å². The number of esters is 2. The predicted molar refractivity (Wildman–Crippen MR) is 130 cm³/mol. The number of carbonyl (C=O) groups is 2. The molecule has 1 unspecified atom stereocenters. The normalized spacial score (nSPS) is 15.8. The summed E-state index contributed by atoms with van der Waals surface area (Å²) in [5.41, 5.74) is 4.88. The van der Waals surface area contributed by atoms with Gasteiger partial charge in [0.05, 0.1) is 30.9 Å². The van der Waals surface area contributed by atoms with Gasteiger partial charge in [0.25, 0.3) is 0 Å². The Morgan fingerprint density at radius 2 is 1.67 bits per heavy atom. The van der Waals surface area contributed by atoms with Crippen LogP contribution in [0.15, 0.2) is 53.7 Å². The molecule has 2 aromatic rings. The van der Waals surface area contributed by atoms with Crippen LogP contribution in [0.5, 0.6) is 0 Å². The number of ether oxygens (including phenoxy) is 3. The van der Waals surface area contributed by atoms with Crippen molar-refractivity contribution in [2.24, 2.45) is 0 Å². The first-order valence-corrected chi connectivity index (χ1v) is 10.9. The first-order valence-electron chi connectivity index (χ1n) is 10.5. The van der Waals surface area contributed by atoms with E-state index in [0.717, 1.165) is 16.8 Å². The Hall–Kier alpha value is -3.23. The molecule has 1 aliphatic rings. The average Bonchev–Trinajstić information content (AvgIpc) is 2.77. The third-order valence-electron chi connectivity index (χ3n) is 5.37. The van der Waals surface area contributed by atoms with Gasteiger partial charge in [-0.2, -0.15) is 0 Å². The molecule has 0 fully saturated rings. The molecule has 7 nitrogen and oxygen atoms in total. The van der Waals surface area contributed by atoms with Gasteiger partial charge in [0.2, 0.25) is 0 Å². The standard InChI is InChI=1S/C25H28N2O5S/c1-15-12-16(2)14-18(13-15)27-17(3)21(24(29)32-11-10-30-4)22(26-25(27)33)19-8-6-7-9-20(19)23(28)31-5/h6-9,12-14,22H,10-11H2,1-5H3,(H,26,33). The summed E-state index contributed by atoms with van der Waals surface area (Å²) in [5.74, 6) is -1.02. The Balaban J connectivity index is 2.17. The molecular formula is C25H28N2O5S. The maximum absolute atomic E-state index is 13.3. The molecule has 0 radical (unpaired) electrons. The quantitative estimate of drug-likeness (QED) is 0.371. The molecule has 0 aromatic heterocycles. The number of allylic oxidation sites excluding steroid dienone is 1.